The molecule has 1 aliphatic carbocycles. The van der Waals surface area contributed by atoms with Gasteiger partial charge in [-0.25, -0.2) is 9.07 Å². The summed E-state index contributed by atoms with van der Waals surface area (Å²) in [4.78, 5) is 0. The van der Waals surface area contributed by atoms with Crippen molar-refractivity contribution in [1.29, 1.82) is 0 Å². The zero-order valence-corrected chi connectivity index (χ0v) is 20.8. The van der Waals surface area contributed by atoms with Crippen molar-refractivity contribution < 1.29 is 27.4 Å². The van der Waals surface area contributed by atoms with E-state index in [-0.39, 0.29) is 5.82 Å². The molecule has 0 amide bonds. The lowest BCUT2D eigenvalue weighted by Gasteiger charge is -2.49. The fourth-order valence-electron chi connectivity index (χ4n) is 5.56. The molecule has 5 rings (SSSR count). The Morgan fingerprint density at radius 2 is 1.78 bits per heavy atom. The Morgan fingerprint density at radius 1 is 1.08 bits per heavy atom. The molecule has 3 aromatic carbocycles. The van der Waals surface area contributed by atoms with Gasteiger partial charge in [0, 0.05) is 16.6 Å². The fourth-order valence-corrected chi connectivity index (χ4v) is 5.56. The molecule has 37 heavy (non-hydrogen) atoms. The smallest absolute Gasteiger partial charge is 0.419 e. The van der Waals surface area contributed by atoms with Gasteiger partial charge in [-0.05, 0) is 72.4 Å². The summed E-state index contributed by atoms with van der Waals surface area (Å²) in [6, 6.07) is 12.8. The quantitative estimate of drug-likeness (QED) is 0.302. The number of benzene rings is 3. The third-order valence-electron chi connectivity index (χ3n) is 7.21. The minimum Gasteiger partial charge on any atom is -0.496 e. The number of ether oxygens (including phenoxy) is 1. The highest BCUT2D eigenvalue weighted by atomic mass is 19.4. The van der Waals surface area contributed by atoms with E-state index in [4.69, 9.17) is 4.74 Å². The highest BCUT2D eigenvalue weighted by Gasteiger charge is 2.64. The number of rotatable bonds is 4. The van der Waals surface area contributed by atoms with Crippen LogP contribution in [-0.2, 0) is 5.41 Å². The monoisotopic (exact) mass is 513 g/mol. The van der Waals surface area contributed by atoms with Crippen LogP contribution in [-0.4, -0.2) is 33.8 Å². The summed E-state index contributed by atoms with van der Waals surface area (Å²) >= 11 is 0. The van der Waals surface area contributed by atoms with Crippen molar-refractivity contribution in [2.45, 2.75) is 50.4 Å². The summed E-state index contributed by atoms with van der Waals surface area (Å²) < 4.78 is 64.0. The lowest BCUT2D eigenvalue weighted by atomic mass is 9.63. The average molecular weight is 514 g/mol. The van der Waals surface area contributed by atoms with E-state index in [1.807, 2.05) is 6.92 Å². The maximum absolute atomic E-state index is 14.5. The Hall–Kier alpha value is -3.59. The molecule has 1 aliphatic rings. The lowest BCUT2D eigenvalue weighted by molar-refractivity contribution is -0.275. The van der Waals surface area contributed by atoms with Crippen molar-refractivity contribution in [1.82, 2.24) is 9.78 Å². The number of halogens is 4. The molecule has 4 aromatic rings. The normalized spacial score (nSPS) is 21.1. The predicted molar refractivity (Wildman–Crippen MR) is 134 cm³/mol. The predicted octanol–water partition coefficient (Wildman–Crippen LogP) is 6.61. The van der Waals surface area contributed by atoms with Crippen LogP contribution in [0.25, 0.3) is 16.6 Å². The van der Waals surface area contributed by atoms with Crippen molar-refractivity contribution in [2.75, 3.05) is 12.4 Å². The van der Waals surface area contributed by atoms with E-state index in [2.05, 4.69) is 10.4 Å². The lowest BCUT2D eigenvalue weighted by Crippen LogP contribution is -2.58. The van der Waals surface area contributed by atoms with Gasteiger partial charge in [0.15, 0.2) is 5.60 Å². The number of methoxy groups -OCH3 is 1. The first kappa shape index (κ1) is 25.1. The minimum atomic E-state index is -4.89. The highest BCUT2D eigenvalue weighted by Crippen LogP contribution is 2.56. The van der Waals surface area contributed by atoms with Gasteiger partial charge in [0.05, 0.1) is 30.6 Å². The topological polar surface area (TPSA) is 59.3 Å². The Morgan fingerprint density at radius 3 is 2.43 bits per heavy atom. The van der Waals surface area contributed by atoms with Crippen LogP contribution < -0.4 is 10.1 Å². The first-order valence-corrected chi connectivity index (χ1v) is 11.8. The molecule has 1 aromatic heterocycles. The molecule has 5 nitrogen and oxygen atoms in total. The molecule has 0 bridgehead atoms. The number of nitrogens with one attached hydrogen (secondary N) is 1. The molecule has 0 saturated heterocycles. The van der Waals surface area contributed by atoms with Crippen LogP contribution in [0, 0.1) is 12.7 Å². The summed E-state index contributed by atoms with van der Waals surface area (Å²) in [5, 5.41) is 19.3. The number of aliphatic hydroxyl groups is 1. The molecule has 194 valence electrons. The molecular weight excluding hydrogens is 486 g/mol. The number of hydrogen-bond donors (Lipinski definition) is 2. The SMILES string of the molecule is COc1c(C)ccc2c1C(C)(C)CC(O)(C(F)(F)F)C2Nc1ccc2c(cnn2-c2ccc(F)cc2)c1. The van der Waals surface area contributed by atoms with Gasteiger partial charge < -0.3 is 15.2 Å². The first-order valence-electron chi connectivity index (χ1n) is 11.8. The standard InChI is InChI=1S/C28H27F4N3O2/c1-16-5-11-21-23(24(16)37-4)26(2,3)15-27(36,28(30,31)32)25(21)34-19-8-12-22-17(13-19)14-33-35(22)20-9-6-18(29)7-10-20/h5-14,25,34,36H,15H2,1-4H3. The molecular formula is C28H27F4N3O2. The maximum atomic E-state index is 14.5. The molecule has 1 heterocycles. The zero-order chi connectivity index (χ0) is 26.8. The van der Waals surface area contributed by atoms with E-state index >= 15 is 0 Å². The molecule has 9 heteroatoms. The second-order valence-corrected chi connectivity index (χ2v) is 10.2. The third kappa shape index (κ3) is 4.01. The number of nitrogens with zero attached hydrogens (tertiary/aromatic N) is 2. The number of hydrogen-bond acceptors (Lipinski definition) is 4. The van der Waals surface area contributed by atoms with Crippen molar-refractivity contribution in [3.8, 4) is 11.4 Å². The van der Waals surface area contributed by atoms with E-state index in [1.165, 1.54) is 19.2 Å². The van der Waals surface area contributed by atoms with Crippen LogP contribution in [0.1, 0.15) is 43.0 Å². The van der Waals surface area contributed by atoms with Crippen LogP contribution in [0.4, 0.5) is 23.2 Å². The van der Waals surface area contributed by atoms with Crippen LogP contribution in [0.5, 0.6) is 5.75 Å². The summed E-state index contributed by atoms with van der Waals surface area (Å²) in [5.41, 5.74) is -0.511. The average Bonchev–Trinajstić information content (AvgIpc) is 3.24. The molecule has 0 fully saturated rings. The molecule has 2 N–H and O–H groups in total. The van der Waals surface area contributed by atoms with E-state index in [9.17, 15) is 22.7 Å². The number of aromatic nitrogens is 2. The fraction of sp³-hybridized carbons (Fsp3) is 0.321. The van der Waals surface area contributed by atoms with E-state index < -0.39 is 29.7 Å². The largest absolute Gasteiger partial charge is 0.496 e. The van der Waals surface area contributed by atoms with Crippen molar-refractivity contribution in [3.05, 3.63) is 83.3 Å². The van der Waals surface area contributed by atoms with Crippen molar-refractivity contribution in [2.24, 2.45) is 0 Å². The Bertz CT molecular complexity index is 1480. The van der Waals surface area contributed by atoms with Crippen molar-refractivity contribution >= 4 is 16.6 Å². The summed E-state index contributed by atoms with van der Waals surface area (Å²) in [5.74, 6) is 0.154. The van der Waals surface area contributed by atoms with Crippen LogP contribution in [0.2, 0.25) is 0 Å². The van der Waals surface area contributed by atoms with Gasteiger partial charge in [-0.3, -0.25) is 0 Å². The number of anilines is 1. The highest BCUT2D eigenvalue weighted by molar-refractivity contribution is 5.84. The number of fused-ring (bicyclic) bond motifs is 2. The molecule has 0 spiro atoms. The molecule has 2 atom stereocenters. The number of alkyl halides is 3. The second kappa shape index (κ2) is 8.48. The molecule has 0 saturated carbocycles. The van der Waals surface area contributed by atoms with E-state index in [0.717, 1.165) is 5.56 Å². The second-order valence-electron chi connectivity index (χ2n) is 10.2. The summed E-state index contributed by atoms with van der Waals surface area (Å²) in [7, 11) is 1.50. The van der Waals surface area contributed by atoms with Gasteiger partial charge in [-0.15, -0.1) is 0 Å². The molecule has 0 aliphatic heterocycles. The van der Waals surface area contributed by atoms with Crippen LogP contribution in [0.3, 0.4) is 0 Å². The Balaban J connectivity index is 1.61. The van der Waals surface area contributed by atoms with Gasteiger partial charge >= 0.3 is 6.18 Å². The summed E-state index contributed by atoms with van der Waals surface area (Å²) in [6.07, 6.45) is -3.85. The van der Waals surface area contributed by atoms with Gasteiger partial charge in [0.25, 0.3) is 0 Å². The van der Waals surface area contributed by atoms with Crippen molar-refractivity contribution in [3.63, 3.8) is 0 Å². The Kier molecular flexibility index (Phi) is 5.75. The van der Waals surface area contributed by atoms with E-state index in [0.29, 0.717) is 39.2 Å². The summed E-state index contributed by atoms with van der Waals surface area (Å²) in [6.45, 7) is 5.22. The number of aryl methyl sites for hydroxylation is 1. The van der Waals surface area contributed by atoms with Gasteiger partial charge in [-0.1, -0.05) is 26.0 Å². The molecule has 0 radical (unpaired) electrons. The van der Waals surface area contributed by atoms with Crippen LogP contribution in [0.15, 0.2) is 60.8 Å². The Labute approximate surface area is 211 Å². The maximum Gasteiger partial charge on any atom is 0.419 e. The first-order chi connectivity index (χ1) is 17.4. The third-order valence-corrected chi connectivity index (χ3v) is 7.21. The van der Waals surface area contributed by atoms with Crippen LogP contribution >= 0.6 is 0 Å². The minimum absolute atomic E-state index is 0.334. The zero-order valence-electron chi connectivity index (χ0n) is 20.8. The van der Waals surface area contributed by atoms with E-state index in [1.54, 1.807) is 67.2 Å². The van der Waals surface area contributed by atoms with Gasteiger partial charge in [0.1, 0.15) is 11.6 Å². The van der Waals surface area contributed by atoms with Gasteiger partial charge in [-0.2, -0.15) is 18.3 Å². The van der Waals surface area contributed by atoms with Gasteiger partial charge in [0.2, 0.25) is 0 Å². The molecule has 2 unspecified atom stereocenters.